The molecule has 0 spiro atoms. The molecule has 0 unspecified atom stereocenters. The smallest absolute Gasteiger partial charge is 0.545 e. The van der Waals surface area contributed by atoms with Crippen LogP contribution in [0.15, 0.2) is 18.2 Å². The van der Waals surface area contributed by atoms with Crippen molar-refractivity contribution < 1.29 is 37.2 Å². The third-order valence-electron chi connectivity index (χ3n) is 5.41. The van der Waals surface area contributed by atoms with Gasteiger partial charge >= 0.3 is 29.1 Å². The van der Waals surface area contributed by atoms with Crippen molar-refractivity contribution in [2.75, 3.05) is 41.8 Å². The van der Waals surface area contributed by atoms with Gasteiger partial charge in [0.15, 0.2) is 0 Å². The van der Waals surface area contributed by atoms with Crippen molar-refractivity contribution in [3.05, 3.63) is 23.8 Å². The fraction of sp³-hybridized carbons (Fsp3) is 0.562. The molecule has 136 valence electrons. The minimum atomic E-state index is -3.77. The Balaban J connectivity index is 0.00000196. The molecule has 1 aromatic carbocycles. The second-order valence-electron chi connectivity index (χ2n) is 6.87. The van der Waals surface area contributed by atoms with Crippen molar-refractivity contribution in [3.8, 4) is 0 Å². The van der Waals surface area contributed by atoms with Crippen LogP contribution in [0.1, 0.15) is 23.2 Å². The summed E-state index contributed by atoms with van der Waals surface area (Å²) < 4.78 is 28.3. The van der Waals surface area contributed by atoms with E-state index >= 15 is 0 Å². The number of rotatable bonds is 5. The van der Waals surface area contributed by atoms with Gasteiger partial charge < -0.3 is 20.1 Å². The van der Waals surface area contributed by atoms with E-state index in [1.165, 1.54) is 25.0 Å². The first-order chi connectivity index (χ1) is 12.0. The van der Waals surface area contributed by atoms with Crippen LogP contribution in [0.25, 0.3) is 0 Å². The maximum atomic E-state index is 12.4. The number of anilines is 2. The van der Waals surface area contributed by atoms with Crippen molar-refractivity contribution in [1.29, 1.82) is 0 Å². The van der Waals surface area contributed by atoms with Gasteiger partial charge in [0, 0.05) is 31.2 Å². The maximum absolute atomic E-state index is 12.4. The molecule has 2 bridgehead atoms. The molecule has 1 atom stereocenters. The number of piperidine rings is 3. The number of fused-ring (bicyclic) bond motifs is 4. The molecule has 0 aliphatic carbocycles. The molecular weight excluding hydrogens is 351 g/mol. The monoisotopic (exact) mass is 372 g/mol. The number of para-hydroxylation sites is 1. The van der Waals surface area contributed by atoms with Crippen LogP contribution in [0, 0.1) is 5.92 Å². The van der Waals surface area contributed by atoms with E-state index in [1.807, 2.05) is 0 Å². The molecule has 4 aliphatic heterocycles. The van der Waals surface area contributed by atoms with Crippen LogP contribution >= 0.6 is 0 Å². The second kappa shape index (κ2) is 7.41. The summed E-state index contributed by atoms with van der Waals surface area (Å²) in [5.74, 6) is -0.740. The predicted octanol–water partition coefficient (Wildman–Crippen LogP) is -3.79. The number of carbonyl (C=O) groups is 1. The molecule has 0 radical (unpaired) electrons. The first kappa shape index (κ1) is 19.5. The van der Waals surface area contributed by atoms with Crippen molar-refractivity contribution in [2.24, 2.45) is 5.92 Å². The van der Waals surface area contributed by atoms with Crippen LogP contribution in [0.4, 0.5) is 11.4 Å². The molecule has 10 heteroatoms. The van der Waals surface area contributed by atoms with Gasteiger partial charge in [-0.1, -0.05) is 12.1 Å². The fourth-order valence-electron chi connectivity index (χ4n) is 4.15. The van der Waals surface area contributed by atoms with Crippen LogP contribution in [0.5, 0.6) is 0 Å². The van der Waals surface area contributed by atoms with Gasteiger partial charge in [0.25, 0.3) is 0 Å². The summed E-state index contributed by atoms with van der Waals surface area (Å²) in [5.41, 5.74) is 0.330. The maximum Gasteiger partial charge on any atom is 1.00 e. The Hall–Kier alpha value is -1.24. The van der Waals surface area contributed by atoms with E-state index < -0.39 is 16.2 Å². The van der Waals surface area contributed by atoms with Gasteiger partial charge in [-0.3, -0.25) is 4.72 Å². The third kappa shape index (κ3) is 3.47. The summed E-state index contributed by atoms with van der Waals surface area (Å²) in [7, 11) is -3.77. The predicted molar refractivity (Wildman–Crippen MR) is 91.6 cm³/mol. The first-order valence-corrected chi connectivity index (χ1v) is 10.0. The van der Waals surface area contributed by atoms with Crippen molar-refractivity contribution >= 4 is 27.6 Å². The Morgan fingerprint density at radius 2 is 2.04 bits per heavy atom. The standard InChI is InChI=1S/C16H22N4O4S.Li/c21-16(22)12-2-1-3-13-15(12)20(25(23,24)18-13)9-6-17-14-10-19-7-4-11(14)5-8-19;/h1-3,11,14,17-18H,4-10H2,(H,21,22);/q;+1/p-1/t14-;/m1./s1. The Labute approximate surface area is 165 Å². The number of benzene rings is 1. The number of nitrogens with zero attached hydrogens (tertiary/aromatic N) is 2. The zero-order chi connectivity index (χ0) is 17.6. The summed E-state index contributed by atoms with van der Waals surface area (Å²) in [4.78, 5) is 13.8. The largest absolute Gasteiger partial charge is 1.00 e. The van der Waals surface area contributed by atoms with Gasteiger partial charge in [-0.05, 0) is 37.9 Å². The summed E-state index contributed by atoms with van der Waals surface area (Å²) in [6, 6.07) is 4.79. The summed E-state index contributed by atoms with van der Waals surface area (Å²) in [6.07, 6.45) is 2.36. The topological polar surface area (TPSA) is 105 Å². The van der Waals surface area contributed by atoms with Crippen LogP contribution in [-0.4, -0.2) is 58.1 Å². The quantitative estimate of drug-likeness (QED) is 0.514. The number of nitrogens with one attached hydrogen (secondary N) is 2. The minimum absolute atomic E-state index is 0. The van der Waals surface area contributed by atoms with Crippen LogP contribution in [0.2, 0.25) is 0 Å². The fourth-order valence-corrected chi connectivity index (χ4v) is 5.47. The molecule has 1 aromatic rings. The van der Waals surface area contributed by atoms with Crippen LogP contribution < -0.4 is 38.3 Å². The second-order valence-corrected chi connectivity index (χ2v) is 8.46. The third-order valence-corrected chi connectivity index (χ3v) is 6.84. The number of hydrogen-bond acceptors (Lipinski definition) is 6. The van der Waals surface area contributed by atoms with Gasteiger partial charge in [-0.2, -0.15) is 8.42 Å². The first-order valence-electron chi connectivity index (χ1n) is 8.56. The molecule has 0 aromatic heterocycles. The van der Waals surface area contributed by atoms with E-state index in [-0.39, 0.29) is 42.3 Å². The number of carbonyl (C=O) groups excluding carboxylic acids is 1. The van der Waals surface area contributed by atoms with Crippen LogP contribution in [0.3, 0.4) is 0 Å². The van der Waals surface area contributed by atoms with Crippen LogP contribution in [-0.2, 0) is 10.2 Å². The summed E-state index contributed by atoms with van der Waals surface area (Å²) in [6.45, 7) is 3.94. The van der Waals surface area contributed by atoms with E-state index in [4.69, 9.17) is 0 Å². The van der Waals surface area contributed by atoms with Crippen molar-refractivity contribution in [2.45, 2.75) is 18.9 Å². The van der Waals surface area contributed by atoms with Gasteiger partial charge in [0.1, 0.15) is 0 Å². The Morgan fingerprint density at radius 1 is 1.31 bits per heavy atom. The zero-order valence-electron chi connectivity index (χ0n) is 14.8. The molecule has 4 aliphatic rings. The number of aromatic carboxylic acids is 1. The van der Waals surface area contributed by atoms with E-state index in [0.29, 0.717) is 18.5 Å². The summed E-state index contributed by atoms with van der Waals surface area (Å²) in [5, 5.41) is 14.8. The van der Waals surface area contributed by atoms with E-state index in [2.05, 4.69) is 14.9 Å². The average Bonchev–Trinajstić information content (AvgIpc) is 2.85. The van der Waals surface area contributed by atoms with Gasteiger partial charge in [0.2, 0.25) is 0 Å². The van der Waals surface area contributed by atoms with E-state index in [9.17, 15) is 18.3 Å². The van der Waals surface area contributed by atoms with Gasteiger partial charge in [-0.15, -0.1) is 0 Å². The molecule has 5 rings (SSSR count). The number of carboxylic acids is 1. The molecule has 0 amide bonds. The zero-order valence-corrected chi connectivity index (χ0v) is 15.6. The molecule has 3 saturated heterocycles. The molecule has 3 fully saturated rings. The Kier molecular flexibility index (Phi) is 5.56. The molecule has 4 heterocycles. The number of carboxylic acid groups (broad SMARTS) is 1. The molecular formula is C16H21LiN4O4S. The molecule has 26 heavy (non-hydrogen) atoms. The molecule has 8 nitrogen and oxygen atoms in total. The Bertz CT molecular complexity index is 795. The number of hydrogen-bond donors (Lipinski definition) is 2. The minimum Gasteiger partial charge on any atom is -0.545 e. The van der Waals surface area contributed by atoms with Gasteiger partial charge in [-0.25, -0.2) is 4.31 Å². The van der Waals surface area contributed by atoms with Gasteiger partial charge in [0.05, 0.1) is 17.3 Å². The molecule has 0 saturated carbocycles. The normalized spacial score (nSPS) is 28.2. The van der Waals surface area contributed by atoms with Crippen molar-refractivity contribution in [1.82, 2.24) is 10.2 Å². The van der Waals surface area contributed by atoms with E-state index in [0.717, 1.165) is 23.9 Å². The molecule has 2 N–H and O–H groups in total. The Morgan fingerprint density at radius 3 is 2.65 bits per heavy atom. The average molecular weight is 372 g/mol. The SMILES string of the molecule is O=C([O-])c1cccc2c1N(CCN[C@@H]1CN3CCC1CC3)S(=O)(=O)N2.[Li+]. The van der Waals surface area contributed by atoms with E-state index in [1.54, 1.807) is 6.07 Å². The van der Waals surface area contributed by atoms with Crippen molar-refractivity contribution in [3.63, 3.8) is 0 Å². The summed E-state index contributed by atoms with van der Waals surface area (Å²) >= 11 is 0.